The van der Waals surface area contributed by atoms with Crippen LogP contribution in [0.3, 0.4) is 0 Å². The van der Waals surface area contributed by atoms with Crippen LogP contribution < -0.4 is 4.90 Å². The van der Waals surface area contributed by atoms with Crippen molar-refractivity contribution in [3.63, 3.8) is 0 Å². The Balaban J connectivity index is 1.66. The molecule has 3 rings (SSSR count). The second-order valence-corrected chi connectivity index (χ2v) is 6.60. The smallest absolute Gasteiger partial charge is 0.256 e. The molecule has 1 aliphatic rings. The van der Waals surface area contributed by atoms with Crippen LogP contribution in [0.15, 0.2) is 42.5 Å². The molecule has 4 nitrogen and oxygen atoms in total. The molecule has 0 aliphatic carbocycles. The Hall–Kier alpha value is -2.76. The maximum absolute atomic E-state index is 14.5. The molecule has 0 aromatic heterocycles. The van der Waals surface area contributed by atoms with Gasteiger partial charge in [-0.2, -0.15) is 0 Å². The van der Waals surface area contributed by atoms with Gasteiger partial charge in [0, 0.05) is 38.2 Å². The van der Waals surface area contributed by atoms with Gasteiger partial charge in [-0.1, -0.05) is 19.1 Å². The summed E-state index contributed by atoms with van der Waals surface area (Å²) in [6.07, 6.45) is 1.12. The van der Waals surface area contributed by atoms with Crippen molar-refractivity contribution in [1.29, 1.82) is 0 Å². The van der Waals surface area contributed by atoms with Crippen molar-refractivity contribution in [1.82, 2.24) is 4.90 Å². The molecule has 2 aromatic rings. The molecule has 1 saturated heterocycles. The maximum Gasteiger partial charge on any atom is 0.256 e. The lowest BCUT2D eigenvalue weighted by atomic mass is 10.1. The quantitative estimate of drug-likeness (QED) is 0.747. The van der Waals surface area contributed by atoms with Gasteiger partial charge in [-0.25, -0.2) is 8.78 Å². The summed E-state index contributed by atoms with van der Waals surface area (Å²) in [5.74, 6) is -1.40. The predicted molar refractivity (Wildman–Crippen MR) is 100 cm³/mol. The highest BCUT2D eigenvalue weighted by Crippen LogP contribution is 2.23. The molecule has 2 aromatic carbocycles. The Bertz CT molecular complexity index is 846. The average Bonchev–Trinajstić information content (AvgIpc) is 2.68. The summed E-state index contributed by atoms with van der Waals surface area (Å²) in [5, 5.41) is 0. The number of nitrogens with zero attached hydrogens (tertiary/aromatic N) is 2. The zero-order valence-corrected chi connectivity index (χ0v) is 15.3. The van der Waals surface area contributed by atoms with Gasteiger partial charge in [-0.15, -0.1) is 0 Å². The Morgan fingerprint density at radius 2 is 1.67 bits per heavy atom. The average molecular weight is 372 g/mol. The Morgan fingerprint density at radius 3 is 2.30 bits per heavy atom. The molecule has 0 N–H and O–H groups in total. The van der Waals surface area contributed by atoms with Gasteiger partial charge in [0.1, 0.15) is 11.6 Å². The van der Waals surface area contributed by atoms with Crippen LogP contribution in [0.5, 0.6) is 0 Å². The van der Waals surface area contributed by atoms with Crippen molar-refractivity contribution >= 4 is 17.4 Å². The van der Waals surface area contributed by atoms with Gasteiger partial charge in [0.05, 0.1) is 11.3 Å². The van der Waals surface area contributed by atoms with Gasteiger partial charge in [-0.3, -0.25) is 9.59 Å². The maximum atomic E-state index is 14.5. The van der Waals surface area contributed by atoms with Crippen LogP contribution in [-0.2, 0) is 0 Å². The fourth-order valence-corrected chi connectivity index (χ4v) is 3.26. The van der Waals surface area contributed by atoms with E-state index in [1.165, 1.54) is 18.2 Å². The lowest BCUT2D eigenvalue weighted by Gasteiger charge is -2.36. The Morgan fingerprint density at radius 1 is 0.963 bits per heavy atom. The number of halogens is 2. The van der Waals surface area contributed by atoms with E-state index in [9.17, 15) is 18.4 Å². The van der Waals surface area contributed by atoms with Gasteiger partial charge in [-0.05, 0) is 36.8 Å². The summed E-state index contributed by atoms with van der Waals surface area (Å²) in [6.45, 7) is 3.55. The van der Waals surface area contributed by atoms with Crippen molar-refractivity contribution in [2.45, 2.75) is 19.8 Å². The molecule has 6 heteroatoms. The van der Waals surface area contributed by atoms with Crippen LogP contribution in [0.1, 0.15) is 40.5 Å². The fraction of sp³-hybridized carbons (Fsp3) is 0.333. The number of Topliss-reactive ketones (excluding diaryl/α,β-unsaturated/α-hetero) is 1. The number of amides is 1. The third-order valence-corrected chi connectivity index (χ3v) is 4.76. The zero-order chi connectivity index (χ0) is 19.4. The van der Waals surface area contributed by atoms with E-state index >= 15 is 0 Å². The van der Waals surface area contributed by atoms with E-state index in [1.807, 2.05) is 11.8 Å². The summed E-state index contributed by atoms with van der Waals surface area (Å²) in [7, 11) is 0. The standard InChI is InChI=1S/C21H22F2N2O2/c1-2-5-20(26)15-8-9-19(18(23)14-15)24-10-12-25(13-11-24)21(27)16-6-3-4-7-17(16)22/h3-4,6-9,14H,2,5,10-13H2,1H3. The van der Waals surface area contributed by atoms with Gasteiger partial charge in [0.2, 0.25) is 0 Å². The van der Waals surface area contributed by atoms with E-state index < -0.39 is 11.6 Å². The molecular formula is C21H22F2N2O2. The minimum absolute atomic E-state index is 0.0518. The first-order valence-electron chi connectivity index (χ1n) is 9.12. The van der Waals surface area contributed by atoms with Gasteiger partial charge >= 0.3 is 0 Å². The molecule has 142 valence electrons. The van der Waals surface area contributed by atoms with E-state index in [1.54, 1.807) is 29.2 Å². The highest BCUT2D eigenvalue weighted by atomic mass is 19.1. The lowest BCUT2D eigenvalue weighted by Crippen LogP contribution is -2.49. The van der Waals surface area contributed by atoms with E-state index in [-0.39, 0.29) is 17.3 Å². The number of ketones is 1. The molecule has 1 aliphatic heterocycles. The molecule has 0 spiro atoms. The lowest BCUT2D eigenvalue weighted by molar-refractivity contribution is 0.0741. The topological polar surface area (TPSA) is 40.6 Å². The Labute approximate surface area is 157 Å². The van der Waals surface area contributed by atoms with E-state index in [0.29, 0.717) is 43.9 Å². The molecule has 27 heavy (non-hydrogen) atoms. The second-order valence-electron chi connectivity index (χ2n) is 6.60. The monoisotopic (exact) mass is 372 g/mol. The van der Waals surface area contributed by atoms with Gasteiger partial charge in [0.25, 0.3) is 5.91 Å². The number of carbonyl (C=O) groups is 2. The molecule has 0 atom stereocenters. The Kier molecular flexibility index (Phi) is 5.84. The van der Waals surface area contributed by atoms with Crippen LogP contribution in [0.25, 0.3) is 0 Å². The number of hydrogen-bond donors (Lipinski definition) is 0. The van der Waals surface area contributed by atoms with Crippen molar-refractivity contribution in [3.05, 3.63) is 65.2 Å². The largest absolute Gasteiger partial charge is 0.366 e. The highest BCUT2D eigenvalue weighted by molar-refractivity contribution is 5.96. The first kappa shape index (κ1) is 19.0. The first-order valence-corrected chi connectivity index (χ1v) is 9.12. The number of piperazine rings is 1. The first-order chi connectivity index (χ1) is 13.0. The van der Waals surface area contributed by atoms with Crippen molar-refractivity contribution in [2.24, 2.45) is 0 Å². The molecule has 1 fully saturated rings. The van der Waals surface area contributed by atoms with Crippen LogP contribution in [0.2, 0.25) is 0 Å². The fourth-order valence-electron chi connectivity index (χ4n) is 3.26. The zero-order valence-electron chi connectivity index (χ0n) is 15.3. The molecule has 0 bridgehead atoms. The van der Waals surface area contributed by atoms with Gasteiger partial charge < -0.3 is 9.80 Å². The number of hydrogen-bond acceptors (Lipinski definition) is 3. The van der Waals surface area contributed by atoms with E-state index in [4.69, 9.17) is 0 Å². The molecule has 0 unspecified atom stereocenters. The molecule has 0 radical (unpaired) electrons. The van der Waals surface area contributed by atoms with Crippen LogP contribution in [0.4, 0.5) is 14.5 Å². The highest BCUT2D eigenvalue weighted by Gasteiger charge is 2.25. The molecule has 1 amide bonds. The summed E-state index contributed by atoms with van der Waals surface area (Å²) < 4.78 is 28.3. The molecule has 0 saturated carbocycles. The molecule has 1 heterocycles. The number of rotatable bonds is 5. The van der Waals surface area contributed by atoms with Crippen molar-refractivity contribution in [2.75, 3.05) is 31.1 Å². The second kappa shape index (κ2) is 8.29. The minimum atomic E-state index is -0.539. The number of anilines is 1. The summed E-state index contributed by atoms with van der Waals surface area (Å²) >= 11 is 0. The van der Waals surface area contributed by atoms with E-state index in [0.717, 1.165) is 6.42 Å². The SMILES string of the molecule is CCCC(=O)c1ccc(N2CCN(C(=O)c3ccccc3F)CC2)c(F)c1. The normalized spacial score (nSPS) is 14.3. The van der Waals surface area contributed by atoms with Crippen LogP contribution in [-0.4, -0.2) is 42.8 Å². The summed E-state index contributed by atoms with van der Waals surface area (Å²) in [5.41, 5.74) is 0.850. The third kappa shape index (κ3) is 4.15. The number of carbonyl (C=O) groups excluding carboxylic acids is 2. The minimum Gasteiger partial charge on any atom is -0.366 e. The molecular weight excluding hydrogens is 350 g/mol. The van der Waals surface area contributed by atoms with Crippen LogP contribution >= 0.6 is 0 Å². The van der Waals surface area contributed by atoms with Crippen molar-refractivity contribution < 1.29 is 18.4 Å². The van der Waals surface area contributed by atoms with Crippen LogP contribution in [0, 0.1) is 11.6 Å². The van der Waals surface area contributed by atoms with Gasteiger partial charge in [0.15, 0.2) is 5.78 Å². The predicted octanol–water partition coefficient (Wildman–Crippen LogP) is 3.91. The van der Waals surface area contributed by atoms with Crippen molar-refractivity contribution in [3.8, 4) is 0 Å². The number of benzene rings is 2. The third-order valence-electron chi connectivity index (χ3n) is 4.76. The summed E-state index contributed by atoms with van der Waals surface area (Å²) in [6, 6.07) is 10.4. The summed E-state index contributed by atoms with van der Waals surface area (Å²) in [4.78, 5) is 27.8. The van der Waals surface area contributed by atoms with E-state index in [2.05, 4.69) is 0 Å².